The quantitative estimate of drug-likeness (QED) is 0.270. The van der Waals surface area contributed by atoms with Crippen molar-refractivity contribution in [1.82, 2.24) is 0 Å². The van der Waals surface area contributed by atoms with Crippen LogP contribution in [0, 0.1) is 0 Å². The van der Waals surface area contributed by atoms with Crippen LogP contribution in [0.2, 0.25) is 0 Å². The summed E-state index contributed by atoms with van der Waals surface area (Å²) in [5.74, 6) is 0.966. The van der Waals surface area contributed by atoms with Crippen LogP contribution in [-0.4, -0.2) is 10.6 Å². The van der Waals surface area contributed by atoms with Gasteiger partial charge in [0.1, 0.15) is 0 Å². The molecule has 0 saturated carbocycles. The molecule has 5 heteroatoms. The van der Waals surface area contributed by atoms with Crippen LogP contribution in [0.4, 0.5) is 0 Å². The number of thiol groups is 1. The highest BCUT2D eigenvalue weighted by atomic mass is 33.2. The molecule has 0 aliphatic carbocycles. The lowest BCUT2D eigenvalue weighted by molar-refractivity contribution is 0.563. The van der Waals surface area contributed by atoms with Crippen LogP contribution < -0.4 is 0 Å². The van der Waals surface area contributed by atoms with Crippen LogP contribution in [0.1, 0.15) is 71.1 Å². The third-order valence-electron chi connectivity index (χ3n) is 2.76. The van der Waals surface area contributed by atoms with Gasteiger partial charge in [0.25, 0.3) is 0 Å². The molecular weight excluding hydrogens is 287 g/mol. The second kappa shape index (κ2) is 12.3. The summed E-state index contributed by atoms with van der Waals surface area (Å²) in [5, 5.41) is 0. The molecule has 0 bridgehead atoms. The van der Waals surface area contributed by atoms with Crippen molar-refractivity contribution in [2.24, 2.45) is 0 Å². The van der Waals surface area contributed by atoms with Crippen LogP contribution in [0.25, 0.3) is 0 Å². The summed E-state index contributed by atoms with van der Waals surface area (Å²) in [6.07, 6.45) is 13.5. The normalized spacial score (nSPS) is 14.8. The molecule has 104 valence electrons. The first-order valence-corrected chi connectivity index (χ1v) is 12.3. The van der Waals surface area contributed by atoms with Gasteiger partial charge in [-0.05, 0) is 18.2 Å². The summed E-state index contributed by atoms with van der Waals surface area (Å²) in [6.45, 7) is 2.26. The fraction of sp³-hybridized carbons (Fsp3) is 1.00. The van der Waals surface area contributed by atoms with Gasteiger partial charge >= 0.3 is 0 Å². The van der Waals surface area contributed by atoms with Crippen LogP contribution in [0.15, 0.2) is 0 Å². The molecule has 1 N–H and O–H groups in total. The first-order chi connectivity index (χ1) is 8.06. The number of hydrogen-bond donors (Lipinski definition) is 2. The summed E-state index contributed by atoms with van der Waals surface area (Å²) in [5.41, 5.74) is 0. The Labute approximate surface area is 122 Å². The third-order valence-corrected chi connectivity index (χ3v) is 7.11. The van der Waals surface area contributed by atoms with Crippen LogP contribution in [-0.2, 0) is 11.8 Å². The Morgan fingerprint density at radius 3 is 1.76 bits per heavy atom. The first-order valence-electron chi connectivity index (χ1n) is 6.76. The van der Waals surface area contributed by atoms with Gasteiger partial charge in [-0.3, -0.25) is 0 Å². The van der Waals surface area contributed by atoms with Gasteiger partial charge in [0.2, 0.25) is 0 Å². The minimum absolute atomic E-state index is 0.966. The molecule has 0 rings (SSSR count). The Morgan fingerprint density at radius 2 is 1.35 bits per heavy atom. The maximum atomic E-state index is 9.31. The van der Waals surface area contributed by atoms with Gasteiger partial charge < -0.3 is 4.89 Å². The van der Waals surface area contributed by atoms with E-state index in [0.717, 1.165) is 5.75 Å². The Hall–Kier alpha value is 1.31. The molecule has 0 amide bonds. The van der Waals surface area contributed by atoms with E-state index in [2.05, 4.69) is 19.2 Å². The number of hydrogen-bond acceptors (Lipinski definition) is 2. The fourth-order valence-corrected chi connectivity index (χ4v) is 4.85. The molecule has 1 nitrogen and oxygen atoms in total. The predicted octanol–water partition coefficient (Wildman–Crippen LogP) is 5.79. The average molecular weight is 315 g/mol. The van der Waals surface area contributed by atoms with E-state index < -0.39 is 4.67 Å². The lowest BCUT2D eigenvalue weighted by atomic mass is 10.1. The van der Waals surface area contributed by atoms with Gasteiger partial charge in [-0.25, -0.2) is 0 Å². The lowest BCUT2D eigenvalue weighted by Gasteiger charge is -2.06. The lowest BCUT2D eigenvalue weighted by Crippen LogP contribution is -1.83. The van der Waals surface area contributed by atoms with Crippen molar-refractivity contribution in [3.63, 3.8) is 0 Å². The van der Waals surface area contributed by atoms with E-state index in [0.29, 0.717) is 0 Å². The van der Waals surface area contributed by atoms with Crippen molar-refractivity contribution in [1.29, 1.82) is 0 Å². The molecule has 0 aliphatic rings. The second-order valence-electron chi connectivity index (χ2n) is 4.51. The molecule has 0 saturated heterocycles. The minimum atomic E-state index is -2.30. The highest BCUT2D eigenvalue weighted by molar-refractivity contribution is 8.94. The molecule has 0 aromatic carbocycles. The first kappa shape index (κ1) is 18.3. The SMILES string of the molecule is CCCCCCCCCCCCSP(O)(=S)S. The van der Waals surface area contributed by atoms with Crippen LogP contribution >= 0.6 is 28.3 Å². The summed E-state index contributed by atoms with van der Waals surface area (Å²) in [4.78, 5) is 9.31. The largest absolute Gasteiger partial charge is 0.350 e. The van der Waals surface area contributed by atoms with Gasteiger partial charge in [-0.1, -0.05) is 76.1 Å². The summed E-state index contributed by atoms with van der Waals surface area (Å²) < 4.78 is -2.30. The predicted molar refractivity (Wildman–Crippen MR) is 89.8 cm³/mol. The molecule has 0 radical (unpaired) electrons. The molecule has 1 atom stereocenters. The van der Waals surface area contributed by atoms with E-state index in [9.17, 15) is 4.89 Å². The van der Waals surface area contributed by atoms with Crippen molar-refractivity contribution in [3.8, 4) is 0 Å². The molecule has 17 heavy (non-hydrogen) atoms. The smallest absolute Gasteiger partial charge is 0.169 e. The molecule has 0 aliphatic heterocycles. The maximum absolute atomic E-state index is 9.31. The average Bonchev–Trinajstić information content (AvgIpc) is 2.24. The van der Waals surface area contributed by atoms with E-state index in [1.54, 1.807) is 0 Å². The molecule has 0 heterocycles. The summed E-state index contributed by atoms with van der Waals surface area (Å²) in [6, 6.07) is 0. The van der Waals surface area contributed by atoms with Crippen molar-refractivity contribution in [2.45, 2.75) is 71.1 Å². The Kier molecular flexibility index (Phi) is 13.3. The fourth-order valence-electron chi connectivity index (χ4n) is 1.77. The van der Waals surface area contributed by atoms with Crippen molar-refractivity contribution in [2.75, 3.05) is 5.75 Å². The second-order valence-corrected chi connectivity index (χ2v) is 14.2. The van der Waals surface area contributed by atoms with E-state index in [4.69, 9.17) is 11.8 Å². The van der Waals surface area contributed by atoms with Crippen LogP contribution in [0.5, 0.6) is 0 Å². The minimum Gasteiger partial charge on any atom is -0.350 e. The van der Waals surface area contributed by atoms with E-state index in [-0.39, 0.29) is 0 Å². The van der Waals surface area contributed by atoms with E-state index in [1.807, 2.05) is 0 Å². The highest BCUT2D eigenvalue weighted by Crippen LogP contribution is 2.59. The number of unbranched alkanes of at least 4 members (excludes halogenated alkanes) is 9. The molecular formula is C12H27OPS3. The van der Waals surface area contributed by atoms with Crippen molar-refractivity contribution in [3.05, 3.63) is 0 Å². The zero-order valence-corrected chi connectivity index (χ0v) is 14.4. The summed E-state index contributed by atoms with van der Waals surface area (Å²) >= 11 is 10.3. The Bertz CT molecular complexity index is 206. The Balaban J connectivity index is 3.01. The topological polar surface area (TPSA) is 20.2 Å². The molecule has 0 aromatic heterocycles. The van der Waals surface area contributed by atoms with Crippen LogP contribution in [0.3, 0.4) is 0 Å². The highest BCUT2D eigenvalue weighted by Gasteiger charge is 2.04. The third kappa shape index (κ3) is 17.3. The van der Waals surface area contributed by atoms with Gasteiger partial charge in [0.15, 0.2) is 4.67 Å². The van der Waals surface area contributed by atoms with Gasteiger partial charge in [-0.15, -0.1) is 12.2 Å². The Morgan fingerprint density at radius 1 is 0.941 bits per heavy atom. The molecule has 0 aromatic rings. The van der Waals surface area contributed by atoms with Gasteiger partial charge in [0, 0.05) is 5.75 Å². The van der Waals surface area contributed by atoms with E-state index >= 15 is 0 Å². The standard InChI is InChI=1S/C12H27OPS3/c1-2-3-4-5-6-7-8-9-10-11-12-17-14(13,15)16/h2-12H2,1H3,(H2,13,15,16). The van der Waals surface area contributed by atoms with E-state index in [1.165, 1.54) is 75.6 Å². The monoisotopic (exact) mass is 314 g/mol. The maximum Gasteiger partial charge on any atom is 0.169 e. The van der Waals surface area contributed by atoms with Crippen molar-refractivity contribution < 1.29 is 4.89 Å². The zero-order valence-electron chi connectivity index (χ0n) is 10.9. The molecule has 1 unspecified atom stereocenters. The van der Waals surface area contributed by atoms with Gasteiger partial charge in [-0.2, -0.15) is 0 Å². The summed E-state index contributed by atoms with van der Waals surface area (Å²) in [7, 11) is 0. The van der Waals surface area contributed by atoms with Crippen molar-refractivity contribution >= 4 is 40.1 Å². The molecule has 0 spiro atoms. The number of rotatable bonds is 12. The van der Waals surface area contributed by atoms with Gasteiger partial charge in [0.05, 0.1) is 0 Å². The molecule has 0 fully saturated rings. The zero-order chi connectivity index (χ0) is 13.0.